The van der Waals surface area contributed by atoms with Gasteiger partial charge in [-0.2, -0.15) is 0 Å². The molecule has 2 bridgehead atoms. The second kappa shape index (κ2) is 16.1. The molecule has 4 aromatic rings. The minimum Gasteiger partial charge on any atom is -0.374 e. The molecule has 0 amide bonds. The van der Waals surface area contributed by atoms with Crippen LogP contribution in [0.25, 0.3) is 10.8 Å². The lowest BCUT2D eigenvalue weighted by Gasteiger charge is -2.47. The molecule has 2 aliphatic rings. The van der Waals surface area contributed by atoms with Crippen molar-refractivity contribution in [3.8, 4) is 0 Å². The summed E-state index contributed by atoms with van der Waals surface area (Å²) in [5.74, 6) is 0. The van der Waals surface area contributed by atoms with Crippen LogP contribution < -0.4 is 0 Å². The van der Waals surface area contributed by atoms with Crippen molar-refractivity contribution < 1.29 is 23.7 Å². The van der Waals surface area contributed by atoms with Crippen molar-refractivity contribution in [1.29, 1.82) is 0 Å². The zero-order valence-corrected chi connectivity index (χ0v) is 25.8. The topological polar surface area (TPSA) is 46.2 Å². The molecule has 0 radical (unpaired) electrons. The Labute approximate surface area is 257 Å². The average molecular weight is 583 g/mol. The Hall–Kier alpha value is -3.06. The summed E-state index contributed by atoms with van der Waals surface area (Å²) in [4.78, 5) is 0. The largest absolute Gasteiger partial charge is 0.374 e. The molecule has 2 aliphatic heterocycles. The molecule has 2 heterocycles. The van der Waals surface area contributed by atoms with Crippen molar-refractivity contribution in [2.75, 3.05) is 6.61 Å². The fourth-order valence-electron chi connectivity index (χ4n) is 5.96. The third-order valence-electron chi connectivity index (χ3n) is 8.18. The molecule has 5 unspecified atom stereocenters. The maximum absolute atomic E-state index is 6.89. The van der Waals surface area contributed by atoms with Crippen LogP contribution in [0.5, 0.6) is 0 Å². The Morgan fingerprint density at radius 2 is 1.26 bits per heavy atom. The highest BCUT2D eigenvalue weighted by Crippen LogP contribution is 2.34. The number of hydrogen-bond acceptors (Lipinski definition) is 5. The molecule has 1 saturated heterocycles. The quantitative estimate of drug-likeness (QED) is 0.198. The molecule has 0 aromatic heterocycles. The summed E-state index contributed by atoms with van der Waals surface area (Å²) in [6, 6.07) is 33.5. The monoisotopic (exact) mass is 582 g/mol. The molecular weight excluding hydrogens is 536 g/mol. The van der Waals surface area contributed by atoms with E-state index in [0.29, 0.717) is 33.0 Å². The van der Waals surface area contributed by atoms with E-state index in [1.807, 2.05) is 50.2 Å². The van der Waals surface area contributed by atoms with Gasteiger partial charge < -0.3 is 23.7 Å². The van der Waals surface area contributed by atoms with Crippen molar-refractivity contribution in [1.82, 2.24) is 0 Å². The van der Waals surface area contributed by atoms with Crippen LogP contribution in [-0.2, 0) is 50.1 Å². The van der Waals surface area contributed by atoms with Gasteiger partial charge in [0.25, 0.3) is 0 Å². The van der Waals surface area contributed by atoms with Crippen molar-refractivity contribution in [3.63, 3.8) is 0 Å². The fraction of sp³-hybridized carbons (Fsp3) is 0.421. The first kappa shape index (κ1) is 31.4. The maximum Gasteiger partial charge on any atom is 0.115 e. The summed E-state index contributed by atoms with van der Waals surface area (Å²) in [6.07, 6.45) is 1.75. The smallest absolute Gasteiger partial charge is 0.115 e. The standard InChI is InChI=1S/C36H40O5.C2H6/c1-2-3-18-32-34(38-21-26-12-6-4-7-13-26)36-35(39-22-27-14-8-5-9-15-27)33(41-32)25-37-23-30-19-28-16-10-11-17-29(28)20-31(30)24-40-36;1-2/h4-17,19-20,32-36H,2-3,18,21-25H2,1H3;1-2H3. The summed E-state index contributed by atoms with van der Waals surface area (Å²) in [5.41, 5.74) is 4.53. The minimum atomic E-state index is -0.337. The van der Waals surface area contributed by atoms with Crippen molar-refractivity contribution in [2.45, 2.75) is 97.0 Å². The molecular formula is C38H46O5. The molecule has 43 heavy (non-hydrogen) atoms. The first-order chi connectivity index (χ1) is 21.3. The number of fused-ring (bicyclic) bond motifs is 4. The van der Waals surface area contributed by atoms with Crippen molar-refractivity contribution in [3.05, 3.63) is 119 Å². The van der Waals surface area contributed by atoms with E-state index in [1.165, 1.54) is 10.8 Å². The third-order valence-corrected chi connectivity index (χ3v) is 8.18. The lowest BCUT2D eigenvalue weighted by Crippen LogP contribution is -2.61. The molecule has 4 aromatic carbocycles. The fourth-order valence-corrected chi connectivity index (χ4v) is 5.96. The van der Waals surface area contributed by atoms with Crippen LogP contribution >= 0.6 is 0 Å². The predicted octanol–water partition coefficient (Wildman–Crippen LogP) is 8.41. The Balaban J connectivity index is 0.00000180. The van der Waals surface area contributed by atoms with Crippen LogP contribution in [0.15, 0.2) is 97.1 Å². The molecule has 0 saturated carbocycles. The number of unbranched alkanes of at least 4 members (excludes halogenated alkanes) is 1. The van der Waals surface area contributed by atoms with E-state index in [4.69, 9.17) is 23.7 Å². The highest BCUT2D eigenvalue weighted by Gasteiger charge is 2.48. The van der Waals surface area contributed by atoms with E-state index >= 15 is 0 Å². The van der Waals surface area contributed by atoms with E-state index < -0.39 is 0 Å². The van der Waals surface area contributed by atoms with Crippen LogP contribution in [0.1, 0.15) is 62.3 Å². The molecule has 5 heteroatoms. The zero-order valence-electron chi connectivity index (χ0n) is 25.8. The zero-order chi connectivity index (χ0) is 29.9. The number of benzene rings is 4. The van der Waals surface area contributed by atoms with Crippen LogP contribution in [0.4, 0.5) is 0 Å². The third kappa shape index (κ3) is 8.11. The summed E-state index contributed by atoms with van der Waals surface area (Å²) >= 11 is 0. The maximum atomic E-state index is 6.89. The summed E-state index contributed by atoms with van der Waals surface area (Å²) in [6.45, 7) is 8.57. The van der Waals surface area contributed by atoms with Gasteiger partial charge in [-0.05, 0) is 51.6 Å². The number of rotatable bonds is 9. The molecule has 1 fully saturated rings. The summed E-state index contributed by atoms with van der Waals surface area (Å²) in [5, 5.41) is 2.41. The lowest BCUT2D eigenvalue weighted by molar-refractivity contribution is -0.274. The van der Waals surface area contributed by atoms with Gasteiger partial charge in [-0.25, -0.2) is 0 Å². The SMILES string of the molecule is CC.CCCCC1OC2COCc3cc4ccccc4cc3COC(C1OCc1ccccc1)C2OCc1ccccc1. The van der Waals surface area contributed by atoms with Crippen molar-refractivity contribution in [2.24, 2.45) is 0 Å². The highest BCUT2D eigenvalue weighted by atomic mass is 16.6. The minimum absolute atomic E-state index is 0.107. The van der Waals surface area contributed by atoms with Gasteiger partial charge in [0, 0.05) is 0 Å². The highest BCUT2D eigenvalue weighted by molar-refractivity contribution is 5.84. The van der Waals surface area contributed by atoms with Gasteiger partial charge in [0.15, 0.2) is 0 Å². The van der Waals surface area contributed by atoms with E-state index in [2.05, 4.69) is 67.6 Å². The summed E-state index contributed by atoms with van der Waals surface area (Å²) in [7, 11) is 0. The van der Waals surface area contributed by atoms with Gasteiger partial charge >= 0.3 is 0 Å². The lowest BCUT2D eigenvalue weighted by atomic mass is 9.91. The van der Waals surface area contributed by atoms with Crippen LogP contribution in [-0.4, -0.2) is 37.1 Å². The number of hydrogen-bond donors (Lipinski definition) is 0. The van der Waals surface area contributed by atoms with Gasteiger partial charge in [-0.15, -0.1) is 0 Å². The van der Waals surface area contributed by atoms with Gasteiger partial charge in [0.2, 0.25) is 0 Å². The van der Waals surface area contributed by atoms with E-state index in [-0.39, 0.29) is 30.5 Å². The van der Waals surface area contributed by atoms with Crippen LogP contribution in [0, 0.1) is 0 Å². The Morgan fingerprint density at radius 1 is 0.698 bits per heavy atom. The predicted molar refractivity (Wildman–Crippen MR) is 172 cm³/mol. The Bertz CT molecular complexity index is 1380. The van der Waals surface area contributed by atoms with Crippen LogP contribution in [0.2, 0.25) is 0 Å². The number of ether oxygens (including phenoxy) is 5. The van der Waals surface area contributed by atoms with Gasteiger partial charge in [0.1, 0.15) is 24.4 Å². The van der Waals surface area contributed by atoms with Gasteiger partial charge in [-0.3, -0.25) is 0 Å². The van der Waals surface area contributed by atoms with Crippen LogP contribution in [0.3, 0.4) is 0 Å². The first-order valence-electron chi connectivity index (χ1n) is 15.9. The molecule has 228 valence electrons. The van der Waals surface area contributed by atoms with E-state index in [9.17, 15) is 0 Å². The average Bonchev–Trinajstić information content (AvgIpc) is 3.06. The molecule has 0 aliphatic carbocycles. The van der Waals surface area contributed by atoms with Gasteiger partial charge in [-0.1, -0.05) is 119 Å². The summed E-state index contributed by atoms with van der Waals surface area (Å²) < 4.78 is 33.4. The van der Waals surface area contributed by atoms with E-state index in [0.717, 1.165) is 41.5 Å². The molecule has 5 atom stereocenters. The molecule has 5 nitrogen and oxygen atoms in total. The van der Waals surface area contributed by atoms with Crippen molar-refractivity contribution >= 4 is 10.8 Å². The molecule has 6 rings (SSSR count). The molecule has 0 spiro atoms. The van der Waals surface area contributed by atoms with Gasteiger partial charge in [0.05, 0.1) is 39.1 Å². The normalized spacial score (nSPS) is 23.6. The second-order valence-corrected chi connectivity index (χ2v) is 11.1. The second-order valence-electron chi connectivity index (χ2n) is 11.1. The first-order valence-corrected chi connectivity index (χ1v) is 15.9. The van der Waals surface area contributed by atoms with E-state index in [1.54, 1.807) is 0 Å². The Morgan fingerprint density at radius 3 is 1.86 bits per heavy atom. The molecule has 0 N–H and O–H groups in total. The Kier molecular flexibility index (Phi) is 11.8.